The summed E-state index contributed by atoms with van der Waals surface area (Å²) in [5.41, 5.74) is 0.464. The smallest absolute Gasteiger partial charge is 0.337 e. The van der Waals surface area contributed by atoms with E-state index < -0.39 is 0 Å². The van der Waals surface area contributed by atoms with Gasteiger partial charge in [0.1, 0.15) is 18.0 Å². The van der Waals surface area contributed by atoms with Crippen LogP contribution in [0.4, 0.5) is 4.79 Å². The number of amides is 2. The van der Waals surface area contributed by atoms with E-state index in [0.29, 0.717) is 24.5 Å². The van der Waals surface area contributed by atoms with Gasteiger partial charge in [-0.2, -0.15) is 0 Å². The summed E-state index contributed by atoms with van der Waals surface area (Å²) in [6.45, 7) is 0.783. The van der Waals surface area contributed by atoms with Crippen molar-refractivity contribution in [2.45, 2.75) is 62.5 Å². The normalized spacial score (nSPS) is 29.1. The molecule has 2 aliphatic heterocycles. The van der Waals surface area contributed by atoms with Gasteiger partial charge < -0.3 is 29.6 Å². The highest BCUT2D eigenvalue weighted by Crippen LogP contribution is 2.30. The van der Waals surface area contributed by atoms with Crippen molar-refractivity contribution in [3.8, 4) is 5.75 Å². The van der Waals surface area contributed by atoms with E-state index in [-0.39, 0.29) is 42.4 Å². The average molecular weight is 404 g/mol. The van der Waals surface area contributed by atoms with Crippen LogP contribution >= 0.6 is 0 Å². The molecule has 0 unspecified atom stereocenters. The molecule has 3 aliphatic rings. The first kappa shape index (κ1) is 20.0. The molecule has 0 aromatic heterocycles. The van der Waals surface area contributed by atoms with Gasteiger partial charge in [0.05, 0.1) is 31.9 Å². The first-order valence-electron chi connectivity index (χ1n) is 10.3. The Morgan fingerprint density at radius 1 is 0.966 bits per heavy atom. The van der Waals surface area contributed by atoms with Crippen LogP contribution in [-0.2, 0) is 14.2 Å². The number of ether oxygens (including phenoxy) is 4. The molecule has 8 heteroatoms. The van der Waals surface area contributed by atoms with Crippen LogP contribution in [0, 0.1) is 0 Å². The molecule has 8 nitrogen and oxygen atoms in total. The van der Waals surface area contributed by atoms with E-state index in [0.717, 1.165) is 12.8 Å². The van der Waals surface area contributed by atoms with Gasteiger partial charge in [-0.15, -0.1) is 0 Å². The number of methoxy groups -OCH3 is 1. The molecule has 0 radical (unpaired) electrons. The van der Waals surface area contributed by atoms with E-state index in [4.69, 9.17) is 18.9 Å². The number of esters is 1. The highest BCUT2D eigenvalue weighted by Gasteiger charge is 2.49. The third-order valence-corrected chi connectivity index (χ3v) is 5.83. The second kappa shape index (κ2) is 9.00. The number of carbonyl (C=O) groups is 2. The Balaban J connectivity index is 1.28. The number of carbonyl (C=O) groups excluding carboxylic acids is 2. The molecule has 4 rings (SSSR count). The second-order valence-electron chi connectivity index (χ2n) is 7.83. The Morgan fingerprint density at radius 3 is 2.41 bits per heavy atom. The van der Waals surface area contributed by atoms with Crippen molar-refractivity contribution in [2.75, 3.05) is 20.3 Å². The molecule has 2 heterocycles. The Bertz CT molecular complexity index is 718. The maximum atomic E-state index is 12.3. The van der Waals surface area contributed by atoms with Crippen molar-refractivity contribution in [1.29, 1.82) is 0 Å². The lowest BCUT2D eigenvalue weighted by Crippen LogP contribution is -2.51. The zero-order valence-corrected chi connectivity index (χ0v) is 16.6. The van der Waals surface area contributed by atoms with Gasteiger partial charge in [-0.05, 0) is 37.1 Å². The van der Waals surface area contributed by atoms with Gasteiger partial charge in [0, 0.05) is 6.04 Å². The Labute approximate surface area is 170 Å². The van der Waals surface area contributed by atoms with Crippen LogP contribution in [-0.4, -0.2) is 62.7 Å². The van der Waals surface area contributed by atoms with E-state index in [1.165, 1.54) is 26.4 Å². The quantitative estimate of drug-likeness (QED) is 0.729. The number of benzene rings is 1. The Morgan fingerprint density at radius 2 is 1.69 bits per heavy atom. The monoisotopic (exact) mass is 404 g/mol. The molecule has 0 spiro atoms. The lowest BCUT2D eigenvalue weighted by Gasteiger charge is -2.24. The summed E-state index contributed by atoms with van der Waals surface area (Å²) in [7, 11) is 1.35. The topological polar surface area (TPSA) is 95.1 Å². The van der Waals surface area contributed by atoms with Gasteiger partial charge in [-0.3, -0.25) is 0 Å². The van der Waals surface area contributed by atoms with Crippen molar-refractivity contribution in [3.05, 3.63) is 29.8 Å². The van der Waals surface area contributed by atoms with Gasteiger partial charge in [0.15, 0.2) is 6.10 Å². The zero-order valence-electron chi connectivity index (χ0n) is 16.6. The van der Waals surface area contributed by atoms with E-state index in [1.54, 1.807) is 24.3 Å². The minimum absolute atomic E-state index is 0.155. The maximum absolute atomic E-state index is 12.3. The van der Waals surface area contributed by atoms with Crippen LogP contribution in [0.15, 0.2) is 24.3 Å². The molecule has 4 atom stereocenters. The minimum atomic E-state index is -0.389. The highest BCUT2D eigenvalue weighted by atomic mass is 16.6. The van der Waals surface area contributed by atoms with Crippen LogP contribution in [0.5, 0.6) is 5.75 Å². The number of hydrogen-bond acceptors (Lipinski definition) is 6. The van der Waals surface area contributed by atoms with Crippen molar-refractivity contribution >= 4 is 12.0 Å². The molecule has 29 heavy (non-hydrogen) atoms. The first-order valence-corrected chi connectivity index (χ1v) is 10.3. The lowest BCUT2D eigenvalue weighted by atomic mass is 9.96. The van der Waals surface area contributed by atoms with E-state index in [2.05, 4.69) is 10.6 Å². The number of urea groups is 1. The molecule has 158 valence electrons. The van der Waals surface area contributed by atoms with Crippen LogP contribution in [0.2, 0.25) is 0 Å². The van der Waals surface area contributed by atoms with Gasteiger partial charge in [0.2, 0.25) is 0 Å². The number of rotatable bonds is 5. The summed E-state index contributed by atoms with van der Waals surface area (Å²) in [4.78, 5) is 23.9. The van der Waals surface area contributed by atoms with Crippen molar-refractivity contribution < 1.29 is 28.5 Å². The number of fused-ring (bicyclic) bond motifs is 1. The lowest BCUT2D eigenvalue weighted by molar-refractivity contribution is 0.0303. The molecular formula is C21H28N2O6. The standard InChI is InChI=1S/C21H28N2O6/c1-26-20(24)13-7-9-15(10-8-13)29-17-12-28-18-16(11-27-19(17)18)23-21(25)22-14-5-3-2-4-6-14/h7-10,14,16-19H,2-6,11-12H2,1H3,(H2,22,23,25)/t16-,17-,18+,19+/m0/s1. The van der Waals surface area contributed by atoms with Gasteiger partial charge in [-0.25, -0.2) is 9.59 Å². The molecule has 0 bridgehead atoms. The fraction of sp³-hybridized carbons (Fsp3) is 0.619. The molecule has 2 amide bonds. The molecule has 2 saturated heterocycles. The molecular weight excluding hydrogens is 376 g/mol. The molecule has 1 aliphatic carbocycles. The summed E-state index contributed by atoms with van der Waals surface area (Å²) >= 11 is 0. The van der Waals surface area contributed by atoms with Crippen LogP contribution in [0.1, 0.15) is 42.5 Å². The summed E-state index contributed by atoms with van der Waals surface area (Å²) in [6, 6.07) is 6.67. The maximum Gasteiger partial charge on any atom is 0.337 e. The average Bonchev–Trinajstić information content (AvgIpc) is 3.32. The summed E-state index contributed by atoms with van der Waals surface area (Å²) < 4.78 is 22.5. The van der Waals surface area contributed by atoms with E-state index in [9.17, 15) is 9.59 Å². The molecule has 1 aromatic rings. The fourth-order valence-electron chi connectivity index (χ4n) is 4.29. The summed E-state index contributed by atoms with van der Waals surface area (Å²) in [5, 5.41) is 6.07. The van der Waals surface area contributed by atoms with Crippen molar-refractivity contribution in [3.63, 3.8) is 0 Å². The van der Waals surface area contributed by atoms with Gasteiger partial charge >= 0.3 is 12.0 Å². The largest absolute Gasteiger partial charge is 0.485 e. The molecule has 2 N–H and O–H groups in total. The number of hydrogen-bond donors (Lipinski definition) is 2. The molecule has 3 fully saturated rings. The second-order valence-corrected chi connectivity index (χ2v) is 7.83. The highest BCUT2D eigenvalue weighted by molar-refractivity contribution is 5.89. The number of nitrogens with one attached hydrogen (secondary N) is 2. The third kappa shape index (κ3) is 4.64. The Hall–Kier alpha value is -2.32. The predicted octanol–water partition coefficient (Wildman–Crippen LogP) is 2.02. The SMILES string of the molecule is COC(=O)c1ccc(O[C@H]2CO[C@H]3[C@@H]2OC[C@@H]3NC(=O)NC2CCCCC2)cc1. The van der Waals surface area contributed by atoms with Gasteiger partial charge in [-0.1, -0.05) is 19.3 Å². The van der Waals surface area contributed by atoms with Crippen LogP contribution in [0.25, 0.3) is 0 Å². The fourth-order valence-corrected chi connectivity index (χ4v) is 4.29. The zero-order chi connectivity index (χ0) is 20.2. The minimum Gasteiger partial charge on any atom is -0.485 e. The van der Waals surface area contributed by atoms with E-state index >= 15 is 0 Å². The van der Waals surface area contributed by atoms with Gasteiger partial charge in [0.25, 0.3) is 0 Å². The van der Waals surface area contributed by atoms with Crippen molar-refractivity contribution in [2.24, 2.45) is 0 Å². The van der Waals surface area contributed by atoms with Crippen LogP contribution < -0.4 is 15.4 Å². The summed E-state index contributed by atoms with van der Waals surface area (Å²) in [6.07, 6.45) is 4.94. The predicted molar refractivity (Wildman–Crippen MR) is 104 cm³/mol. The third-order valence-electron chi connectivity index (χ3n) is 5.83. The first-order chi connectivity index (χ1) is 14.1. The molecule has 1 saturated carbocycles. The summed E-state index contributed by atoms with van der Waals surface area (Å²) in [5.74, 6) is 0.238. The van der Waals surface area contributed by atoms with Crippen LogP contribution in [0.3, 0.4) is 0 Å². The van der Waals surface area contributed by atoms with E-state index in [1.807, 2.05) is 0 Å². The Kier molecular flexibility index (Phi) is 6.20. The van der Waals surface area contributed by atoms with Crippen molar-refractivity contribution in [1.82, 2.24) is 10.6 Å². The molecule has 1 aromatic carbocycles.